The lowest BCUT2D eigenvalue weighted by atomic mass is 10.3. The first kappa shape index (κ1) is 13.1. The molecule has 0 bridgehead atoms. The highest BCUT2D eigenvalue weighted by molar-refractivity contribution is 9.10. The van der Waals surface area contributed by atoms with Crippen molar-refractivity contribution in [2.75, 3.05) is 11.9 Å². The molecule has 0 spiro atoms. The van der Waals surface area contributed by atoms with Crippen LogP contribution in [0.2, 0.25) is 0 Å². The van der Waals surface area contributed by atoms with Crippen LogP contribution in [-0.2, 0) is 6.54 Å². The molecule has 4 nitrogen and oxygen atoms in total. The fourth-order valence-electron chi connectivity index (χ4n) is 2.19. The van der Waals surface area contributed by atoms with Crippen molar-refractivity contribution >= 4 is 38.6 Å². The molecule has 3 aromatic rings. The molecule has 0 unspecified atom stereocenters. The molecule has 102 valence electrons. The number of aliphatic hydroxyl groups excluding tert-OH is 1. The maximum absolute atomic E-state index is 9.25. The van der Waals surface area contributed by atoms with Gasteiger partial charge in [-0.3, -0.25) is 0 Å². The van der Waals surface area contributed by atoms with Crippen molar-refractivity contribution in [3.05, 3.63) is 53.0 Å². The lowest BCUT2D eigenvalue weighted by molar-refractivity contribution is 0.278. The van der Waals surface area contributed by atoms with Crippen LogP contribution in [0.15, 0.2) is 53.0 Å². The van der Waals surface area contributed by atoms with E-state index in [0.29, 0.717) is 6.54 Å². The zero-order valence-corrected chi connectivity index (χ0v) is 12.3. The van der Waals surface area contributed by atoms with E-state index in [1.165, 1.54) is 0 Å². The number of para-hydroxylation sites is 2. The van der Waals surface area contributed by atoms with Crippen LogP contribution in [0.5, 0.6) is 0 Å². The van der Waals surface area contributed by atoms with Gasteiger partial charge in [0.05, 0.1) is 17.6 Å². The standard InChI is InChI=1S/C15H14BrN3O/c16-11-4-3-5-12(10-11)17-15-18-13-6-1-2-7-14(13)19(15)8-9-20/h1-7,10,20H,8-9H2,(H,17,18). The second-order valence-electron chi connectivity index (χ2n) is 4.43. The maximum Gasteiger partial charge on any atom is 0.208 e. The fourth-order valence-corrected chi connectivity index (χ4v) is 2.59. The van der Waals surface area contributed by atoms with E-state index in [1.807, 2.05) is 53.1 Å². The molecule has 2 N–H and O–H groups in total. The highest BCUT2D eigenvalue weighted by Crippen LogP contribution is 2.24. The summed E-state index contributed by atoms with van der Waals surface area (Å²) in [6.45, 7) is 0.588. The van der Waals surface area contributed by atoms with Crippen molar-refractivity contribution in [1.29, 1.82) is 0 Å². The molecule has 0 saturated heterocycles. The smallest absolute Gasteiger partial charge is 0.208 e. The molecule has 0 amide bonds. The van der Waals surface area contributed by atoms with E-state index in [2.05, 4.69) is 26.2 Å². The third kappa shape index (κ3) is 2.55. The highest BCUT2D eigenvalue weighted by Gasteiger charge is 2.10. The minimum Gasteiger partial charge on any atom is -0.395 e. The van der Waals surface area contributed by atoms with Crippen molar-refractivity contribution in [3.63, 3.8) is 0 Å². The van der Waals surface area contributed by atoms with Gasteiger partial charge < -0.3 is 15.0 Å². The quantitative estimate of drug-likeness (QED) is 0.768. The van der Waals surface area contributed by atoms with Gasteiger partial charge in [-0.05, 0) is 30.3 Å². The zero-order chi connectivity index (χ0) is 13.9. The number of anilines is 2. The zero-order valence-electron chi connectivity index (χ0n) is 10.8. The van der Waals surface area contributed by atoms with Crippen LogP contribution in [0.3, 0.4) is 0 Å². The van der Waals surface area contributed by atoms with Crippen molar-refractivity contribution < 1.29 is 5.11 Å². The van der Waals surface area contributed by atoms with E-state index in [0.717, 1.165) is 27.1 Å². The predicted molar refractivity (Wildman–Crippen MR) is 84.2 cm³/mol. The monoisotopic (exact) mass is 331 g/mol. The van der Waals surface area contributed by atoms with Gasteiger partial charge in [0.1, 0.15) is 0 Å². The van der Waals surface area contributed by atoms with Crippen LogP contribution < -0.4 is 5.32 Å². The number of benzene rings is 2. The average Bonchev–Trinajstić information content (AvgIpc) is 2.77. The number of aliphatic hydroxyl groups is 1. The van der Waals surface area contributed by atoms with Crippen molar-refractivity contribution in [2.45, 2.75) is 6.54 Å². The van der Waals surface area contributed by atoms with Crippen LogP contribution in [0.4, 0.5) is 11.6 Å². The summed E-state index contributed by atoms with van der Waals surface area (Å²) in [5.74, 6) is 0.735. The molecule has 0 aliphatic carbocycles. The third-order valence-electron chi connectivity index (χ3n) is 3.06. The number of nitrogens with one attached hydrogen (secondary N) is 1. The molecule has 0 aliphatic rings. The van der Waals surface area contributed by atoms with Crippen molar-refractivity contribution in [3.8, 4) is 0 Å². The number of rotatable bonds is 4. The molecule has 0 fully saturated rings. The lowest BCUT2D eigenvalue weighted by Gasteiger charge is -2.09. The van der Waals surface area contributed by atoms with E-state index < -0.39 is 0 Å². The van der Waals surface area contributed by atoms with Crippen LogP contribution in [0.1, 0.15) is 0 Å². The number of halogens is 1. The van der Waals surface area contributed by atoms with E-state index in [9.17, 15) is 5.11 Å². The summed E-state index contributed by atoms with van der Waals surface area (Å²) in [6.07, 6.45) is 0. The first-order chi connectivity index (χ1) is 9.78. The molecule has 1 aromatic heterocycles. The Kier molecular flexibility index (Phi) is 3.71. The Morgan fingerprint density at radius 2 is 2.00 bits per heavy atom. The van der Waals surface area contributed by atoms with Crippen LogP contribution in [0.25, 0.3) is 11.0 Å². The highest BCUT2D eigenvalue weighted by atomic mass is 79.9. The number of aromatic nitrogens is 2. The minimum atomic E-state index is 0.0769. The summed E-state index contributed by atoms with van der Waals surface area (Å²) in [5, 5.41) is 12.5. The molecule has 20 heavy (non-hydrogen) atoms. The first-order valence-corrected chi connectivity index (χ1v) is 7.16. The average molecular weight is 332 g/mol. The van der Waals surface area contributed by atoms with Gasteiger partial charge in [-0.2, -0.15) is 0 Å². The maximum atomic E-state index is 9.25. The Hall–Kier alpha value is -1.85. The first-order valence-electron chi connectivity index (χ1n) is 6.36. The number of hydrogen-bond acceptors (Lipinski definition) is 3. The van der Waals surface area contributed by atoms with E-state index in [-0.39, 0.29) is 6.61 Å². The van der Waals surface area contributed by atoms with Gasteiger partial charge in [0.25, 0.3) is 0 Å². The molecule has 0 aliphatic heterocycles. The van der Waals surface area contributed by atoms with Gasteiger partial charge in [-0.1, -0.05) is 34.1 Å². The number of nitrogens with zero attached hydrogens (tertiary/aromatic N) is 2. The summed E-state index contributed by atoms with van der Waals surface area (Å²) in [7, 11) is 0. The van der Waals surface area contributed by atoms with Crippen LogP contribution >= 0.6 is 15.9 Å². The second-order valence-corrected chi connectivity index (χ2v) is 5.35. The summed E-state index contributed by atoms with van der Waals surface area (Å²) in [4.78, 5) is 4.58. The topological polar surface area (TPSA) is 50.1 Å². The Labute approximate surface area is 125 Å². The van der Waals surface area contributed by atoms with Crippen LogP contribution in [-0.4, -0.2) is 21.3 Å². The van der Waals surface area contributed by atoms with E-state index in [4.69, 9.17) is 0 Å². The van der Waals surface area contributed by atoms with Crippen molar-refractivity contribution in [1.82, 2.24) is 9.55 Å². The minimum absolute atomic E-state index is 0.0769. The molecule has 1 heterocycles. The number of imidazole rings is 1. The SMILES string of the molecule is OCCn1c(Nc2cccc(Br)c2)nc2ccccc21. The summed E-state index contributed by atoms with van der Waals surface area (Å²) in [6, 6.07) is 15.8. The predicted octanol–water partition coefficient (Wildman–Crippen LogP) is 3.53. The molecular weight excluding hydrogens is 318 g/mol. The summed E-state index contributed by atoms with van der Waals surface area (Å²) >= 11 is 3.45. The summed E-state index contributed by atoms with van der Waals surface area (Å²) in [5.41, 5.74) is 2.88. The molecule has 0 saturated carbocycles. The molecule has 3 rings (SSSR count). The summed E-state index contributed by atoms with van der Waals surface area (Å²) < 4.78 is 2.99. The Morgan fingerprint density at radius 1 is 1.15 bits per heavy atom. The third-order valence-corrected chi connectivity index (χ3v) is 3.55. The number of hydrogen-bond donors (Lipinski definition) is 2. The second kappa shape index (κ2) is 5.64. The van der Waals surface area contributed by atoms with Gasteiger partial charge in [0.15, 0.2) is 0 Å². The van der Waals surface area contributed by atoms with Gasteiger partial charge in [-0.15, -0.1) is 0 Å². The van der Waals surface area contributed by atoms with Gasteiger partial charge in [-0.25, -0.2) is 4.98 Å². The molecule has 0 atom stereocenters. The van der Waals surface area contributed by atoms with Gasteiger partial charge in [0, 0.05) is 16.7 Å². The van der Waals surface area contributed by atoms with E-state index in [1.54, 1.807) is 0 Å². The Balaban J connectivity index is 2.04. The van der Waals surface area contributed by atoms with Crippen LogP contribution in [0, 0.1) is 0 Å². The molecule has 0 radical (unpaired) electrons. The van der Waals surface area contributed by atoms with E-state index >= 15 is 0 Å². The van der Waals surface area contributed by atoms with Gasteiger partial charge in [0.2, 0.25) is 5.95 Å². The Bertz CT molecular complexity index is 739. The largest absolute Gasteiger partial charge is 0.395 e. The van der Waals surface area contributed by atoms with Crippen molar-refractivity contribution in [2.24, 2.45) is 0 Å². The molecule has 5 heteroatoms. The molecule has 2 aromatic carbocycles. The lowest BCUT2D eigenvalue weighted by Crippen LogP contribution is -2.06. The fraction of sp³-hybridized carbons (Fsp3) is 0.133. The normalized spacial score (nSPS) is 10.9. The Morgan fingerprint density at radius 3 is 2.80 bits per heavy atom. The number of fused-ring (bicyclic) bond motifs is 1. The van der Waals surface area contributed by atoms with Gasteiger partial charge >= 0.3 is 0 Å². The molecular formula is C15H14BrN3O.